The summed E-state index contributed by atoms with van der Waals surface area (Å²) >= 11 is 5.80. The summed E-state index contributed by atoms with van der Waals surface area (Å²) in [6, 6.07) is 6.94. The zero-order chi connectivity index (χ0) is 16.2. The second-order valence-corrected chi connectivity index (χ2v) is 7.41. The van der Waals surface area contributed by atoms with Gasteiger partial charge in [0.1, 0.15) is 0 Å². The van der Waals surface area contributed by atoms with Crippen LogP contribution in [0.25, 0.3) is 6.08 Å². The van der Waals surface area contributed by atoms with Gasteiger partial charge in [0.25, 0.3) is 0 Å². The number of halogens is 1. The first kappa shape index (κ1) is 17.0. The molecule has 2 rings (SSSR count). The van der Waals surface area contributed by atoms with Crippen LogP contribution >= 0.6 is 11.6 Å². The van der Waals surface area contributed by atoms with E-state index in [0.29, 0.717) is 37.6 Å². The fraction of sp³-hybridized carbons (Fsp3) is 0.400. The van der Waals surface area contributed by atoms with Crippen LogP contribution in [0.5, 0.6) is 0 Å². The monoisotopic (exact) mass is 342 g/mol. The SMILES string of the molecule is CC(=O)N1CCCN(S(=O)(=O)/C=C/c2ccc(Cl)cc2)CC1. The smallest absolute Gasteiger partial charge is 0.236 e. The van der Waals surface area contributed by atoms with Gasteiger partial charge in [-0.1, -0.05) is 23.7 Å². The second kappa shape index (κ2) is 7.26. The number of sulfonamides is 1. The van der Waals surface area contributed by atoms with Gasteiger partial charge < -0.3 is 4.90 Å². The summed E-state index contributed by atoms with van der Waals surface area (Å²) in [6.07, 6.45) is 2.20. The first-order valence-corrected chi connectivity index (χ1v) is 8.96. The van der Waals surface area contributed by atoms with Crippen LogP contribution in [-0.4, -0.2) is 49.7 Å². The Morgan fingerprint density at radius 1 is 1.14 bits per heavy atom. The highest BCUT2D eigenvalue weighted by atomic mass is 35.5. The van der Waals surface area contributed by atoms with E-state index in [2.05, 4.69) is 0 Å². The van der Waals surface area contributed by atoms with Crippen LogP contribution in [0.1, 0.15) is 18.9 Å². The minimum absolute atomic E-state index is 0.0176. The zero-order valence-electron chi connectivity index (χ0n) is 12.4. The Morgan fingerprint density at radius 3 is 2.45 bits per heavy atom. The lowest BCUT2D eigenvalue weighted by Crippen LogP contribution is -2.35. The Hall–Kier alpha value is -1.37. The summed E-state index contributed by atoms with van der Waals surface area (Å²) < 4.78 is 26.1. The number of carbonyl (C=O) groups excluding carboxylic acids is 1. The Labute approximate surface area is 136 Å². The Morgan fingerprint density at radius 2 is 1.82 bits per heavy atom. The van der Waals surface area contributed by atoms with Gasteiger partial charge in [0.05, 0.1) is 0 Å². The van der Waals surface area contributed by atoms with Crippen molar-refractivity contribution in [2.45, 2.75) is 13.3 Å². The highest BCUT2D eigenvalue weighted by Crippen LogP contribution is 2.14. The molecule has 7 heteroatoms. The van der Waals surface area contributed by atoms with Gasteiger partial charge >= 0.3 is 0 Å². The molecule has 0 bridgehead atoms. The number of hydrogen-bond donors (Lipinski definition) is 0. The number of benzene rings is 1. The molecule has 1 aliphatic heterocycles. The lowest BCUT2D eigenvalue weighted by atomic mass is 10.2. The number of rotatable bonds is 3. The summed E-state index contributed by atoms with van der Waals surface area (Å²) in [7, 11) is -3.48. The predicted octanol–water partition coefficient (Wildman–Crippen LogP) is 2.19. The number of nitrogens with zero attached hydrogens (tertiary/aromatic N) is 2. The molecule has 0 spiro atoms. The fourth-order valence-electron chi connectivity index (χ4n) is 2.29. The molecule has 0 aromatic heterocycles. The predicted molar refractivity (Wildman–Crippen MR) is 87.8 cm³/mol. The first-order valence-electron chi connectivity index (χ1n) is 7.08. The summed E-state index contributed by atoms with van der Waals surface area (Å²) in [4.78, 5) is 13.1. The molecular weight excluding hydrogens is 324 g/mol. The largest absolute Gasteiger partial charge is 0.342 e. The molecule has 120 valence electrons. The van der Waals surface area contributed by atoms with Gasteiger partial charge in [-0.15, -0.1) is 0 Å². The molecule has 0 aliphatic carbocycles. The third kappa shape index (κ3) is 4.56. The van der Waals surface area contributed by atoms with E-state index < -0.39 is 10.0 Å². The molecule has 1 aromatic rings. The van der Waals surface area contributed by atoms with E-state index in [1.807, 2.05) is 0 Å². The maximum Gasteiger partial charge on any atom is 0.236 e. The van der Waals surface area contributed by atoms with Crippen molar-refractivity contribution in [3.63, 3.8) is 0 Å². The van der Waals surface area contributed by atoms with E-state index in [4.69, 9.17) is 11.6 Å². The summed E-state index contributed by atoms with van der Waals surface area (Å²) in [5.74, 6) is -0.0176. The molecular formula is C15H19ClN2O3S. The van der Waals surface area contributed by atoms with Crippen LogP contribution < -0.4 is 0 Å². The zero-order valence-corrected chi connectivity index (χ0v) is 14.0. The lowest BCUT2D eigenvalue weighted by molar-refractivity contribution is -0.128. The Balaban J connectivity index is 2.06. The third-order valence-corrected chi connectivity index (χ3v) is 5.38. The molecule has 0 unspecified atom stereocenters. The molecule has 0 radical (unpaired) electrons. The highest BCUT2D eigenvalue weighted by Gasteiger charge is 2.23. The van der Waals surface area contributed by atoms with Crippen LogP contribution in [0.4, 0.5) is 0 Å². The van der Waals surface area contributed by atoms with Crippen LogP contribution in [-0.2, 0) is 14.8 Å². The van der Waals surface area contributed by atoms with Gasteiger partial charge in [-0.05, 0) is 30.2 Å². The van der Waals surface area contributed by atoms with Crippen molar-refractivity contribution in [1.29, 1.82) is 0 Å². The molecule has 0 atom stereocenters. The highest BCUT2D eigenvalue weighted by molar-refractivity contribution is 7.92. The van der Waals surface area contributed by atoms with Crippen molar-refractivity contribution in [1.82, 2.24) is 9.21 Å². The molecule has 0 saturated carbocycles. The normalized spacial score (nSPS) is 17.6. The summed E-state index contributed by atoms with van der Waals surface area (Å²) in [6.45, 7) is 3.29. The first-order chi connectivity index (χ1) is 10.4. The average molecular weight is 343 g/mol. The van der Waals surface area contributed by atoms with Crippen molar-refractivity contribution in [3.05, 3.63) is 40.3 Å². The minimum atomic E-state index is -3.48. The van der Waals surface area contributed by atoms with Crippen LogP contribution in [0.3, 0.4) is 0 Å². The summed E-state index contributed by atoms with van der Waals surface area (Å²) in [5, 5.41) is 1.82. The molecule has 1 fully saturated rings. The molecule has 0 N–H and O–H groups in total. The van der Waals surface area contributed by atoms with Gasteiger partial charge in [0, 0.05) is 43.5 Å². The van der Waals surface area contributed by atoms with Crippen molar-refractivity contribution < 1.29 is 13.2 Å². The molecule has 1 amide bonds. The van der Waals surface area contributed by atoms with E-state index in [1.165, 1.54) is 16.6 Å². The molecule has 1 heterocycles. The van der Waals surface area contributed by atoms with Gasteiger partial charge in [-0.2, -0.15) is 4.31 Å². The molecule has 1 aromatic carbocycles. The topological polar surface area (TPSA) is 57.7 Å². The van der Waals surface area contributed by atoms with E-state index in [1.54, 1.807) is 35.2 Å². The average Bonchev–Trinajstić information content (AvgIpc) is 2.73. The summed E-state index contributed by atoms with van der Waals surface area (Å²) in [5.41, 5.74) is 0.771. The van der Waals surface area contributed by atoms with Crippen molar-refractivity contribution in [3.8, 4) is 0 Å². The molecule has 1 aliphatic rings. The fourth-order valence-corrected chi connectivity index (χ4v) is 3.63. The van der Waals surface area contributed by atoms with Gasteiger partial charge in [-0.25, -0.2) is 8.42 Å². The number of hydrogen-bond acceptors (Lipinski definition) is 3. The maximum atomic E-state index is 12.4. The Kier molecular flexibility index (Phi) is 5.61. The van der Waals surface area contributed by atoms with Gasteiger partial charge in [0.15, 0.2) is 0 Å². The van der Waals surface area contributed by atoms with E-state index in [9.17, 15) is 13.2 Å². The molecule has 5 nitrogen and oxygen atoms in total. The lowest BCUT2D eigenvalue weighted by Gasteiger charge is -2.19. The third-order valence-electron chi connectivity index (χ3n) is 3.56. The number of amides is 1. The van der Waals surface area contributed by atoms with E-state index in [0.717, 1.165) is 5.56 Å². The molecule has 1 saturated heterocycles. The minimum Gasteiger partial charge on any atom is -0.342 e. The van der Waals surface area contributed by atoms with Gasteiger partial charge in [0.2, 0.25) is 15.9 Å². The van der Waals surface area contributed by atoms with Crippen LogP contribution in [0.15, 0.2) is 29.7 Å². The van der Waals surface area contributed by atoms with Crippen molar-refractivity contribution in [2.24, 2.45) is 0 Å². The van der Waals surface area contributed by atoms with Crippen LogP contribution in [0.2, 0.25) is 5.02 Å². The van der Waals surface area contributed by atoms with E-state index in [-0.39, 0.29) is 5.91 Å². The van der Waals surface area contributed by atoms with Gasteiger partial charge in [-0.3, -0.25) is 4.79 Å². The van der Waals surface area contributed by atoms with Crippen molar-refractivity contribution in [2.75, 3.05) is 26.2 Å². The Bertz CT molecular complexity index is 656. The quantitative estimate of drug-likeness (QED) is 0.846. The van der Waals surface area contributed by atoms with Crippen molar-refractivity contribution >= 4 is 33.6 Å². The van der Waals surface area contributed by atoms with E-state index >= 15 is 0 Å². The molecule has 22 heavy (non-hydrogen) atoms. The standard InChI is InChI=1S/C15H19ClN2O3S/c1-13(19)17-8-2-9-18(11-10-17)22(20,21)12-7-14-3-5-15(16)6-4-14/h3-7,12H,2,8-11H2,1H3/b12-7+. The van der Waals surface area contributed by atoms with Crippen LogP contribution in [0, 0.1) is 0 Å². The number of carbonyl (C=O) groups is 1. The second-order valence-electron chi connectivity index (χ2n) is 5.16. The maximum absolute atomic E-state index is 12.4.